The van der Waals surface area contributed by atoms with Gasteiger partial charge < -0.3 is 5.32 Å². The zero-order valence-electron chi connectivity index (χ0n) is 11.1. The monoisotopic (exact) mass is 250 g/mol. The van der Waals surface area contributed by atoms with Crippen LogP contribution >= 0.6 is 0 Å². The molecule has 1 rings (SSSR count). The Kier molecular flexibility index (Phi) is 4.32. The Labute approximate surface area is 107 Å². The number of nitrogens with one attached hydrogen (secondary N) is 1. The van der Waals surface area contributed by atoms with Crippen molar-refractivity contribution in [3.63, 3.8) is 0 Å². The number of hydrogen-bond acceptors (Lipinski definition) is 4. The molecule has 0 aliphatic heterocycles. The molecule has 0 saturated heterocycles. The van der Waals surface area contributed by atoms with Crippen LogP contribution in [0, 0.1) is 29.4 Å². The van der Waals surface area contributed by atoms with Gasteiger partial charge in [0.1, 0.15) is 5.69 Å². The maximum Gasteiger partial charge on any atom is 0.333 e. The minimum Gasteiger partial charge on any atom is -0.361 e. The highest BCUT2D eigenvalue weighted by Crippen LogP contribution is 2.31. The SMILES string of the molecule is C#CCC(C)Nc1c([N+](=O)[O-])c(C)nn1C(C)C. The second-order valence-electron chi connectivity index (χ2n) is 4.53. The van der Waals surface area contributed by atoms with Crippen LogP contribution < -0.4 is 5.32 Å². The predicted molar refractivity (Wildman–Crippen MR) is 70.5 cm³/mol. The van der Waals surface area contributed by atoms with Crippen molar-refractivity contribution in [3.05, 3.63) is 15.8 Å². The molecular weight excluding hydrogens is 232 g/mol. The lowest BCUT2D eigenvalue weighted by Crippen LogP contribution is -2.19. The molecular formula is C12H18N4O2. The van der Waals surface area contributed by atoms with Crippen LogP contribution in [0.15, 0.2) is 0 Å². The molecule has 0 amide bonds. The number of aromatic nitrogens is 2. The van der Waals surface area contributed by atoms with Crippen LogP contribution in [0.1, 0.15) is 38.9 Å². The van der Waals surface area contributed by atoms with Crippen LogP contribution in [0.25, 0.3) is 0 Å². The van der Waals surface area contributed by atoms with Crippen LogP contribution in [0.2, 0.25) is 0 Å². The fraction of sp³-hybridized carbons (Fsp3) is 0.583. The molecule has 0 spiro atoms. The van der Waals surface area contributed by atoms with Gasteiger partial charge in [0.2, 0.25) is 5.82 Å². The van der Waals surface area contributed by atoms with E-state index in [9.17, 15) is 10.1 Å². The Morgan fingerprint density at radius 2 is 2.17 bits per heavy atom. The lowest BCUT2D eigenvalue weighted by molar-refractivity contribution is -0.384. The smallest absolute Gasteiger partial charge is 0.333 e. The fourth-order valence-electron chi connectivity index (χ4n) is 1.73. The molecule has 0 aliphatic rings. The second kappa shape index (κ2) is 5.54. The lowest BCUT2D eigenvalue weighted by Gasteiger charge is -2.15. The van der Waals surface area contributed by atoms with Gasteiger partial charge in [-0.15, -0.1) is 12.3 Å². The molecule has 0 saturated carbocycles. The molecule has 0 radical (unpaired) electrons. The highest BCUT2D eigenvalue weighted by molar-refractivity contribution is 5.60. The maximum atomic E-state index is 11.1. The van der Waals surface area contributed by atoms with E-state index in [2.05, 4.69) is 16.3 Å². The van der Waals surface area contributed by atoms with Crippen molar-refractivity contribution in [2.75, 3.05) is 5.32 Å². The topological polar surface area (TPSA) is 73.0 Å². The van der Waals surface area contributed by atoms with E-state index >= 15 is 0 Å². The number of nitro groups is 1. The van der Waals surface area contributed by atoms with E-state index in [1.807, 2.05) is 20.8 Å². The van der Waals surface area contributed by atoms with Gasteiger partial charge in [-0.2, -0.15) is 5.10 Å². The molecule has 1 aromatic rings. The molecule has 0 fully saturated rings. The molecule has 1 aromatic heterocycles. The summed E-state index contributed by atoms with van der Waals surface area (Å²) in [5.74, 6) is 2.96. The minimum absolute atomic E-state index is 0.0209. The number of hydrogen-bond donors (Lipinski definition) is 1. The summed E-state index contributed by atoms with van der Waals surface area (Å²) in [6, 6.07) is 0.000218. The van der Waals surface area contributed by atoms with Crippen LogP contribution in [-0.4, -0.2) is 20.7 Å². The van der Waals surface area contributed by atoms with Crippen LogP contribution in [0.4, 0.5) is 11.5 Å². The fourth-order valence-corrected chi connectivity index (χ4v) is 1.73. The van der Waals surface area contributed by atoms with Crippen LogP contribution in [0.5, 0.6) is 0 Å². The third kappa shape index (κ3) is 2.80. The molecule has 1 N–H and O–H groups in total. The first-order valence-corrected chi connectivity index (χ1v) is 5.82. The van der Waals surface area contributed by atoms with Gasteiger partial charge in [-0.3, -0.25) is 10.1 Å². The Morgan fingerprint density at radius 3 is 2.61 bits per heavy atom. The summed E-state index contributed by atoms with van der Waals surface area (Å²) in [5.41, 5.74) is 0.427. The predicted octanol–water partition coefficient (Wildman–Crippen LogP) is 2.50. The zero-order chi connectivity index (χ0) is 13.9. The molecule has 1 atom stereocenters. The number of anilines is 1. The number of nitrogens with zero attached hydrogens (tertiary/aromatic N) is 3. The molecule has 0 aromatic carbocycles. The molecule has 1 heterocycles. The van der Waals surface area contributed by atoms with Crippen molar-refractivity contribution in [1.82, 2.24) is 9.78 Å². The molecule has 1 unspecified atom stereocenters. The quantitative estimate of drug-likeness (QED) is 0.495. The van der Waals surface area contributed by atoms with Crippen LogP contribution in [-0.2, 0) is 0 Å². The Bertz CT molecular complexity index is 485. The van der Waals surface area contributed by atoms with Gasteiger partial charge in [0, 0.05) is 18.5 Å². The van der Waals surface area contributed by atoms with Gasteiger partial charge in [0.05, 0.1) is 4.92 Å². The molecule has 6 nitrogen and oxygen atoms in total. The van der Waals surface area contributed by atoms with Crippen LogP contribution in [0.3, 0.4) is 0 Å². The summed E-state index contributed by atoms with van der Waals surface area (Å²) in [7, 11) is 0. The van der Waals surface area contributed by atoms with Gasteiger partial charge in [-0.05, 0) is 27.7 Å². The molecule has 98 valence electrons. The molecule has 0 aliphatic carbocycles. The summed E-state index contributed by atoms with van der Waals surface area (Å²) in [5, 5.41) is 18.4. The van der Waals surface area contributed by atoms with E-state index < -0.39 is 4.92 Å². The standard InChI is InChI=1S/C12H18N4O2/c1-6-7-9(4)13-12-11(16(17)18)10(5)14-15(12)8(2)3/h1,8-9,13H,7H2,2-5H3. The van der Waals surface area contributed by atoms with Crippen molar-refractivity contribution in [3.8, 4) is 12.3 Å². The van der Waals surface area contributed by atoms with Gasteiger partial charge in [-0.25, -0.2) is 4.68 Å². The van der Waals surface area contributed by atoms with Gasteiger partial charge >= 0.3 is 5.69 Å². The summed E-state index contributed by atoms with van der Waals surface area (Å²) < 4.78 is 1.63. The average molecular weight is 250 g/mol. The minimum atomic E-state index is -0.411. The van der Waals surface area contributed by atoms with Gasteiger partial charge in [-0.1, -0.05) is 0 Å². The number of aryl methyl sites for hydroxylation is 1. The number of terminal acetylenes is 1. The summed E-state index contributed by atoms with van der Waals surface area (Å²) in [6.07, 6.45) is 5.74. The Balaban J connectivity index is 3.20. The van der Waals surface area contributed by atoms with E-state index in [1.54, 1.807) is 11.6 Å². The van der Waals surface area contributed by atoms with Crippen molar-refractivity contribution < 1.29 is 4.92 Å². The normalized spacial score (nSPS) is 12.2. The second-order valence-corrected chi connectivity index (χ2v) is 4.53. The third-order valence-corrected chi connectivity index (χ3v) is 2.53. The van der Waals surface area contributed by atoms with Crippen molar-refractivity contribution in [2.45, 2.75) is 46.2 Å². The highest BCUT2D eigenvalue weighted by Gasteiger charge is 2.27. The largest absolute Gasteiger partial charge is 0.361 e. The zero-order valence-corrected chi connectivity index (χ0v) is 11.1. The molecule has 0 bridgehead atoms. The summed E-state index contributed by atoms with van der Waals surface area (Å²) >= 11 is 0. The van der Waals surface area contributed by atoms with Crippen molar-refractivity contribution in [1.29, 1.82) is 0 Å². The van der Waals surface area contributed by atoms with Crippen molar-refractivity contribution in [2.24, 2.45) is 0 Å². The first kappa shape index (κ1) is 14.0. The average Bonchev–Trinajstić information content (AvgIpc) is 2.55. The molecule has 18 heavy (non-hydrogen) atoms. The maximum absolute atomic E-state index is 11.1. The van der Waals surface area contributed by atoms with Crippen molar-refractivity contribution >= 4 is 11.5 Å². The summed E-state index contributed by atoms with van der Waals surface area (Å²) in [4.78, 5) is 10.7. The first-order valence-electron chi connectivity index (χ1n) is 5.82. The van der Waals surface area contributed by atoms with E-state index in [4.69, 9.17) is 6.42 Å². The highest BCUT2D eigenvalue weighted by atomic mass is 16.6. The number of rotatable bonds is 5. The van der Waals surface area contributed by atoms with E-state index in [0.29, 0.717) is 17.9 Å². The van der Waals surface area contributed by atoms with Gasteiger partial charge in [0.25, 0.3) is 0 Å². The Morgan fingerprint density at radius 1 is 1.56 bits per heavy atom. The molecule has 6 heteroatoms. The third-order valence-electron chi connectivity index (χ3n) is 2.53. The lowest BCUT2D eigenvalue weighted by atomic mass is 10.2. The summed E-state index contributed by atoms with van der Waals surface area (Å²) in [6.45, 7) is 7.37. The Hall–Kier alpha value is -2.03. The van der Waals surface area contributed by atoms with Gasteiger partial charge in [0.15, 0.2) is 0 Å². The van der Waals surface area contributed by atoms with E-state index in [0.717, 1.165) is 0 Å². The van der Waals surface area contributed by atoms with E-state index in [1.165, 1.54) is 0 Å². The first-order chi connectivity index (χ1) is 8.38. The van der Waals surface area contributed by atoms with E-state index in [-0.39, 0.29) is 17.8 Å².